The van der Waals surface area contributed by atoms with E-state index < -0.39 is 12.1 Å². The fourth-order valence-electron chi connectivity index (χ4n) is 3.96. The second-order valence-electron chi connectivity index (χ2n) is 9.62. The molecule has 6 N–H and O–H groups in total. The molecule has 0 fully saturated rings. The first-order valence-electron chi connectivity index (χ1n) is 14.3. The number of ketones is 2. The SMILES string of the molecule is O=C(NN/C=C1/C=CC=CC1=O)Nc1nc(-c2ccccc2)cs1.O=C(NN/C=C1\C=CC=CC1=O)Nc1nc(-c2ccccc2)cs1.[Co]. The van der Waals surface area contributed by atoms with Crippen molar-refractivity contribution in [1.82, 2.24) is 31.7 Å². The van der Waals surface area contributed by atoms with Crippen LogP contribution in [0.4, 0.5) is 19.9 Å². The summed E-state index contributed by atoms with van der Waals surface area (Å²) in [5.74, 6) is -0.251. The van der Waals surface area contributed by atoms with Crippen molar-refractivity contribution < 1.29 is 36.0 Å². The first kappa shape index (κ1) is 36.0. The Kier molecular flexibility index (Phi) is 13.6. The number of hydrogen-bond acceptors (Lipinski definition) is 10. The summed E-state index contributed by atoms with van der Waals surface area (Å²) in [6, 6.07) is 18.5. The number of hydrogen-bond donors (Lipinski definition) is 6. The van der Waals surface area contributed by atoms with Crippen molar-refractivity contribution in [2.24, 2.45) is 0 Å². The van der Waals surface area contributed by atoms with E-state index in [-0.39, 0.29) is 28.3 Å². The molecule has 0 saturated heterocycles. The molecule has 0 atom stereocenters. The number of rotatable bonds is 8. The number of nitrogens with one attached hydrogen (secondary N) is 6. The maximum atomic E-state index is 11.8. The Hall–Kier alpha value is -5.87. The summed E-state index contributed by atoms with van der Waals surface area (Å²) in [5, 5.41) is 9.97. The number of carbonyl (C=O) groups is 4. The number of allylic oxidation sites excluding steroid dienone is 10. The zero-order valence-corrected chi connectivity index (χ0v) is 28.1. The quantitative estimate of drug-likeness (QED) is 0.0944. The summed E-state index contributed by atoms with van der Waals surface area (Å²) >= 11 is 2.67. The smallest absolute Gasteiger partial charge is 0.304 e. The van der Waals surface area contributed by atoms with Crippen molar-refractivity contribution in [2.45, 2.75) is 0 Å². The number of anilines is 2. The number of thiazole rings is 2. The molecule has 2 aromatic heterocycles. The van der Waals surface area contributed by atoms with E-state index in [9.17, 15) is 19.2 Å². The average molecular weight is 736 g/mol. The minimum atomic E-state index is -0.469. The van der Waals surface area contributed by atoms with E-state index in [4.69, 9.17) is 0 Å². The fraction of sp³-hybridized carbons (Fsp3) is 0. The van der Waals surface area contributed by atoms with Crippen LogP contribution in [0.2, 0.25) is 0 Å². The van der Waals surface area contributed by atoms with Crippen LogP contribution in [0.1, 0.15) is 0 Å². The zero-order valence-electron chi connectivity index (χ0n) is 25.4. The first-order chi connectivity index (χ1) is 23.4. The Bertz CT molecular complexity index is 1820. The minimum Gasteiger partial charge on any atom is -0.304 e. The molecule has 0 aliphatic heterocycles. The third-order valence-corrected chi connectivity index (χ3v) is 7.77. The summed E-state index contributed by atoms with van der Waals surface area (Å²) in [4.78, 5) is 55.4. The molecule has 249 valence electrons. The molecule has 2 aromatic carbocycles. The van der Waals surface area contributed by atoms with Crippen LogP contribution in [0.5, 0.6) is 0 Å². The van der Waals surface area contributed by atoms with Gasteiger partial charge in [0.1, 0.15) is 0 Å². The molecule has 2 aliphatic rings. The van der Waals surface area contributed by atoms with E-state index in [1.807, 2.05) is 71.4 Å². The van der Waals surface area contributed by atoms with E-state index in [1.165, 1.54) is 47.2 Å². The Morgan fingerprint density at radius 1 is 0.571 bits per heavy atom. The fourth-order valence-corrected chi connectivity index (χ4v) is 5.39. The molecule has 15 heteroatoms. The first-order valence-corrected chi connectivity index (χ1v) is 16.1. The number of aromatic nitrogens is 2. The van der Waals surface area contributed by atoms with Gasteiger partial charge in [0.05, 0.1) is 11.4 Å². The molecule has 1 radical (unpaired) electrons. The number of benzene rings is 2. The van der Waals surface area contributed by atoms with Gasteiger partial charge in [-0.25, -0.2) is 19.6 Å². The van der Waals surface area contributed by atoms with Crippen molar-refractivity contribution in [3.8, 4) is 22.5 Å². The van der Waals surface area contributed by atoms with Gasteiger partial charge in [-0.05, 0) is 24.3 Å². The number of hydrazine groups is 2. The Labute approximate surface area is 299 Å². The standard InChI is InChI=1S/2C17H14N4O2S.Co/c2*22-15-9-5-4-8-13(15)10-18-21-16(23)20-17-19-14(11-24-17)12-6-2-1-3-7-12;/h2*1-11,18H,(H2,19,20,21,23);/b13-10+;13-10-;. The van der Waals surface area contributed by atoms with Crippen LogP contribution >= 0.6 is 22.7 Å². The van der Waals surface area contributed by atoms with Crippen molar-refractivity contribution in [2.75, 3.05) is 10.6 Å². The predicted octanol–water partition coefficient (Wildman–Crippen LogP) is 6.03. The largest absolute Gasteiger partial charge is 0.339 e. The van der Waals surface area contributed by atoms with Gasteiger partial charge < -0.3 is 10.9 Å². The van der Waals surface area contributed by atoms with Crippen molar-refractivity contribution >= 4 is 56.6 Å². The van der Waals surface area contributed by atoms with Crippen LogP contribution in [0.3, 0.4) is 0 Å². The van der Waals surface area contributed by atoms with Crippen LogP contribution in [0.25, 0.3) is 22.5 Å². The molecule has 4 amide bonds. The second kappa shape index (κ2) is 18.5. The van der Waals surface area contributed by atoms with E-state index >= 15 is 0 Å². The summed E-state index contributed by atoms with van der Waals surface area (Å²) in [7, 11) is 0. The van der Waals surface area contributed by atoms with Gasteiger partial charge in [0.15, 0.2) is 21.8 Å². The van der Waals surface area contributed by atoms with Gasteiger partial charge in [0.25, 0.3) is 0 Å². The predicted molar refractivity (Wildman–Crippen MR) is 188 cm³/mol. The molecule has 6 rings (SSSR count). The van der Waals surface area contributed by atoms with Crippen LogP contribution < -0.4 is 32.3 Å². The van der Waals surface area contributed by atoms with Crippen LogP contribution in [-0.2, 0) is 26.4 Å². The molecular weight excluding hydrogens is 707 g/mol. The third kappa shape index (κ3) is 11.1. The van der Waals surface area contributed by atoms with Gasteiger partial charge in [0, 0.05) is 62.2 Å². The molecule has 4 aromatic rings. The number of amides is 4. The topological polar surface area (TPSA) is 166 Å². The number of nitrogens with zero attached hydrogens (tertiary/aromatic N) is 2. The third-order valence-electron chi connectivity index (χ3n) is 6.25. The van der Waals surface area contributed by atoms with Crippen molar-refractivity contribution in [3.05, 3.63) is 144 Å². The maximum Gasteiger partial charge on any atom is 0.339 e. The second-order valence-corrected chi connectivity index (χ2v) is 11.3. The van der Waals surface area contributed by atoms with Crippen LogP contribution in [0, 0.1) is 0 Å². The summed E-state index contributed by atoms with van der Waals surface area (Å²) in [6.07, 6.45) is 15.9. The maximum absolute atomic E-state index is 11.8. The summed E-state index contributed by atoms with van der Waals surface area (Å²) in [5.41, 5.74) is 14.5. The minimum absolute atomic E-state index is 0. The van der Waals surface area contributed by atoms with E-state index in [1.54, 1.807) is 36.5 Å². The number of urea groups is 2. The number of carbonyl (C=O) groups excluding carboxylic acids is 4. The molecule has 0 bridgehead atoms. The summed E-state index contributed by atoms with van der Waals surface area (Å²) < 4.78 is 0. The van der Waals surface area contributed by atoms with Crippen molar-refractivity contribution in [1.29, 1.82) is 0 Å². The van der Waals surface area contributed by atoms with Gasteiger partial charge >= 0.3 is 12.1 Å². The van der Waals surface area contributed by atoms with E-state index in [0.717, 1.165) is 22.5 Å². The normalized spacial score (nSPS) is 14.4. The van der Waals surface area contributed by atoms with Gasteiger partial charge in [-0.2, -0.15) is 0 Å². The molecule has 49 heavy (non-hydrogen) atoms. The Morgan fingerprint density at radius 2 is 0.959 bits per heavy atom. The molecule has 0 saturated carbocycles. The molecule has 0 unspecified atom stereocenters. The molecule has 0 spiro atoms. The zero-order chi connectivity index (χ0) is 33.6. The van der Waals surface area contributed by atoms with E-state index in [0.29, 0.717) is 21.4 Å². The monoisotopic (exact) mass is 735 g/mol. The average Bonchev–Trinajstić information content (AvgIpc) is 3.78. The van der Waals surface area contributed by atoms with E-state index in [2.05, 4.69) is 42.3 Å². The van der Waals surface area contributed by atoms with Crippen LogP contribution in [-0.4, -0.2) is 33.6 Å². The summed E-state index contributed by atoms with van der Waals surface area (Å²) in [6.45, 7) is 0. The Balaban J connectivity index is 0.000000216. The van der Waals surface area contributed by atoms with Crippen molar-refractivity contribution in [3.63, 3.8) is 0 Å². The molecule has 2 heterocycles. The van der Waals surface area contributed by atoms with Gasteiger partial charge in [-0.1, -0.05) is 85.0 Å². The van der Waals surface area contributed by atoms with Gasteiger partial charge in [0.2, 0.25) is 0 Å². The molecule has 2 aliphatic carbocycles. The molecule has 12 nitrogen and oxygen atoms in total. The van der Waals surface area contributed by atoms with Gasteiger partial charge in [-0.15, -0.1) is 22.7 Å². The molecular formula is C34H28CoN8O4S2. The van der Waals surface area contributed by atoms with Crippen LogP contribution in [0.15, 0.2) is 144 Å². The Morgan fingerprint density at radius 3 is 1.35 bits per heavy atom. The van der Waals surface area contributed by atoms with Gasteiger partial charge in [-0.3, -0.25) is 31.1 Å².